The van der Waals surface area contributed by atoms with Gasteiger partial charge in [0, 0.05) is 13.1 Å². The molecule has 1 aliphatic heterocycles. The third-order valence-electron chi connectivity index (χ3n) is 2.47. The van der Waals surface area contributed by atoms with Crippen molar-refractivity contribution in [3.8, 4) is 0 Å². The van der Waals surface area contributed by atoms with Crippen LogP contribution in [0.15, 0.2) is 33.5 Å². The van der Waals surface area contributed by atoms with E-state index in [0.29, 0.717) is 17.5 Å². The van der Waals surface area contributed by atoms with Crippen LogP contribution >= 0.6 is 11.8 Å². The third-order valence-corrected chi connectivity index (χ3v) is 3.48. The lowest BCUT2D eigenvalue weighted by Gasteiger charge is -2.09. The maximum absolute atomic E-state index is 12.0. The molecular weight excluding hydrogens is 280 g/mol. The van der Waals surface area contributed by atoms with Crippen LogP contribution in [0.5, 0.6) is 0 Å². The van der Waals surface area contributed by atoms with Gasteiger partial charge in [0.25, 0.3) is 5.91 Å². The molecule has 1 aromatic rings. The van der Waals surface area contributed by atoms with E-state index < -0.39 is 0 Å². The minimum Gasteiger partial charge on any atom is -0.465 e. The summed E-state index contributed by atoms with van der Waals surface area (Å²) >= 11 is 1.17. The molecule has 20 heavy (non-hydrogen) atoms. The number of carbonyl (C=O) groups is 2. The first-order chi connectivity index (χ1) is 9.61. The van der Waals surface area contributed by atoms with Crippen LogP contribution in [0.3, 0.4) is 0 Å². The number of amidine groups is 1. The number of ether oxygens (including phenoxy) is 1. The molecule has 0 aromatic carbocycles. The van der Waals surface area contributed by atoms with Crippen LogP contribution in [0, 0.1) is 0 Å². The van der Waals surface area contributed by atoms with Crippen molar-refractivity contribution < 1.29 is 18.7 Å². The van der Waals surface area contributed by atoms with Crippen LogP contribution in [-0.4, -0.2) is 41.4 Å². The molecule has 0 aliphatic carbocycles. The van der Waals surface area contributed by atoms with Crippen molar-refractivity contribution in [2.45, 2.75) is 6.92 Å². The average molecular weight is 294 g/mol. The Morgan fingerprint density at radius 1 is 1.60 bits per heavy atom. The molecule has 2 rings (SSSR count). The van der Waals surface area contributed by atoms with Crippen molar-refractivity contribution in [3.05, 3.63) is 29.9 Å². The largest absolute Gasteiger partial charge is 0.465 e. The summed E-state index contributed by atoms with van der Waals surface area (Å²) in [5.74, 6) is 0.123. The van der Waals surface area contributed by atoms with E-state index >= 15 is 0 Å². The number of nitrogens with zero attached hydrogens (tertiary/aromatic N) is 2. The van der Waals surface area contributed by atoms with E-state index in [9.17, 15) is 9.59 Å². The number of rotatable bonds is 4. The molecule has 106 valence electrons. The Morgan fingerprint density at radius 2 is 2.40 bits per heavy atom. The van der Waals surface area contributed by atoms with Gasteiger partial charge in [0.1, 0.15) is 11.5 Å². The van der Waals surface area contributed by atoms with Crippen molar-refractivity contribution in [1.29, 1.82) is 0 Å². The molecule has 1 aliphatic rings. The summed E-state index contributed by atoms with van der Waals surface area (Å²) in [6.45, 7) is 2.08. The number of likely N-dealkylation sites (N-methyl/N-ethyl adjacent to an activating group) is 1. The number of amides is 1. The number of hydrogen-bond donors (Lipinski definition) is 0. The molecule has 0 bridgehead atoms. The van der Waals surface area contributed by atoms with Gasteiger partial charge in [0.2, 0.25) is 0 Å². The first kappa shape index (κ1) is 14.4. The molecule has 0 radical (unpaired) electrons. The molecule has 0 saturated heterocycles. The van der Waals surface area contributed by atoms with Gasteiger partial charge < -0.3 is 9.15 Å². The zero-order valence-electron chi connectivity index (χ0n) is 11.2. The molecule has 1 amide bonds. The molecule has 6 nitrogen and oxygen atoms in total. The number of thioether (sulfide) groups is 1. The Morgan fingerprint density at radius 3 is 3.05 bits per heavy atom. The number of carbonyl (C=O) groups excluding carboxylic acids is 2. The second-order valence-corrected chi connectivity index (χ2v) is 4.84. The fourth-order valence-electron chi connectivity index (χ4n) is 1.54. The molecule has 0 fully saturated rings. The molecule has 0 unspecified atom stereocenters. The topological polar surface area (TPSA) is 72.1 Å². The van der Waals surface area contributed by atoms with E-state index in [2.05, 4.69) is 4.99 Å². The minimum atomic E-state index is -0.329. The molecule has 7 heteroatoms. The van der Waals surface area contributed by atoms with Crippen LogP contribution in [0.1, 0.15) is 12.7 Å². The lowest BCUT2D eigenvalue weighted by molar-refractivity contribution is -0.139. The van der Waals surface area contributed by atoms with Crippen LogP contribution in [0.2, 0.25) is 0 Å². The summed E-state index contributed by atoms with van der Waals surface area (Å²) in [6, 6.07) is 3.47. The second kappa shape index (κ2) is 6.42. The number of hydrogen-bond acceptors (Lipinski definition) is 6. The predicted octanol–water partition coefficient (Wildman–Crippen LogP) is 1.74. The molecular formula is C13H14N2O4S. The highest BCUT2D eigenvalue weighted by atomic mass is 32.2. The third kappa shape index (κ3) is 3.30. The summed E-state index contributed by atoms with van der Waals surface area (Å²) in [6.07, 6.45) is 3.09. The van der Waals surface area contributed by atoms with E-state index in [0.717, 1.165) is 0 Å². The summed E-state index contributed by atoms with van der Waals surface area (Å²) < 4.78 is 9.98. The standard InChI is InChI=1S/C13H14N2O4S/c1-3-18-11(16)8-20-13-14-10(12(17)15(13)2)7-9-5-4-6-19-9/h4-7H,3,8H2,1-2H3/b10-7-. The zero-order valence-corrected chi connectivity index (χ0v) is 12.0. The first-order valence-corrected chi connectivity index (χ1v) is 7.00. The molecule has 0 atom stereocenters. The van der Waals surface area contributed by atoms with Gasteiger partial charge >= 0.3 is 5.97 Å². The Hall–Kier alpha value is -2.02. The van der Waals surface area contributed by atoms with Crippen LogP contribution in [0.4, 0.5) is 0 Å². The fourth-order valence-corrected chi connectivity index (χ4v) is 2.31. The van der Waals surface area contributed by atoms with Gasteiger partial charge in [-0.25, -0.2) is 4.99 Å². The predicted molar refractivity (Wildman–Crippen MR) is 76.0 cm³/mol. The maximum Gasteiger partial charge on any atom is 0.316 e. The van der Waals surface area contributed by atoms with Gasteiger partial charge in [-0.2, -0.15) is 0 Å². The summed E-state index contributed by atoms with van der Waals surface area (Å²) in [5.41, 5.74) is 0.286. The van der Waals surface area contributed by atoms with Gasteiger partial charge in [0.15, 0.2) is 5.17 Å². The Labute approximate surface area is 120 Å². The Kier molecular flexibility index (Phi) is 4.62. The summed E-state index contributed by atoms with van der Waals surface area (Å²) in [7, 11) is 1.61. The highest BCUT2D eigenvalue weighted by Gasteiger charge is 2.28. The van der Waals surface area contributed by atoms with Gasteiger partial charge in [-0.15, -0.1) is 0 Å². The van der Waals surface area contributed by atoms with Gasteiger partial charge in [-0.1, -0.05) is 11.8 Å². The smallest absolute Gasteiger partial charge is 0.316 e. The molecule has 0 saturated carbocycles. The molecule has 2 heterocycles. The summed E-state index contributed by atoms with van der Waals surface area (Å²) in [5, 5.41) is 0.473. The van der Waals surface area contributed by atoms with E-state index in [4.69, 9.17) is 9.15 Å². The quantitative estimate of drug-likeness (QED) is 0.625. The number of aliphatic imine (C=N–C) groups is 1. The molecule has 1 aromatic heterocycles. The lowest BCUT2D eigenvalue weighted by Crippen LogP contribution is -2.26. The van der Waals surface area contributed by atoms with Crippen LogP contribution in [-0.2, 0) is 14.3 Å². The SMILES string of the molecule is CCOC(=O)CSC1=N/C(=C\c2ccco2)C(=O)N1C. The van der Waals surface area contributed by atoms with Gasteiger partial charge in [-0.3, -0.25) is 14.5 Å². The van der Waals surface area contributed by atoms with Crippen molar-refractivity contribution in [3.63, 3.8) is 0 Å². The maximum atomic E-state index is 12.0. The number of esters is 1. The fraction of sp³-hybridized carbons (Fsp3) is 0.308. The zero-order chi connectivity index (χ0) is 14.5. The normalized spacial score (nSPS) is 16.7. The van der Waals surface area contributed by atoms with Crippen molar-refractivity contribution in [1.82, 2.24) is 4.90 Å². The average Bonchev–Trinajstić information content (AvgIpc) is 3.01. The van der Waals surface area contributed by atoms with Crippen molar-refractivity contribution in [2.75, 3.05) is 19.4 Å². The number of furan rings is 1. The Balaban J connectivity index is 2.06. The van der Waals surface area contributed by atoms with E-state index in [1.54, 1.807) is 32.2 Å². The van der Waals surface area contributed by atoms with Crippen molar-refractivity contribution >= 4 is 34.9 Å². The Bertz CT molecular complexity index is 563. The minimum absolute atomic E-state index is 0.123. The highest BCUT2D eigenvalue weighted by molar-refractivity contribution is 8.14. The van der Waals surface area contributed by atoms with E-state index in [-0.39, 0.29) is 23.3 Å². The van der Waals surface area contributed by atoms with E-state index in [1.807, 2.05) is 0 Å². The molecule has 0 spiro atoms. The molecule has 0 N–H and O–H groups in total. The monoisotopic (exact) mass is 294 g/mol. The van der Waals surface area contributed by atoms with Crippen molar-refractivity contribution in [2.24, 2.45) is 4.99 Å². The van der Waals surface area contributed by atoms with E-state index in [1.165, 1.54) is 22.9 Å². The highest BCUT2D eigenvalue weighted by Crippen LogP contribution is 2.22. The summed E-state index contributed by atoms with van der Waals surface area (Å²) in [4.78, 5) is 28.9. The van der Waals surface area contributed by atoms with Crippen LogP contribution in [0.25, 0.3) is 6.08 Å². The van der Waals surface area contributed by atoms with Crippen LogP contribution < -0.4 is 0 Å². The first-order valence-electron chi connectivity index (χ1n) is 6.02. The second-order valence-electron chi connectivity index (χ2n) is 3.90. The lowest BCUT2D eigenvalue weighted by atomic mass is 10.3. The van der Waals surface area contributed by atoms with Gasteiger partial charge in [-0.05, 0) is 19.1 Å². The van der Waals surface area contributed by atoms with Gasteiger partial charge in [0.05, 0.1) is 18.6 Å².